The van der Waals surface area contributed by atoms with Crippen molar-refractivity contribution in [3.05, 3.63) is 23.3 Å². The number of carboxylic acids is 1. The normalized spacial score (nSPS) is 18.0. The van der Waals surface area contributed by atoms with Crippen molar-refractivity contribution in [3.63, 3.8) is 0 Å². The summed E-state index contributed by atoms with van der Waals surface area (Å²) in [5.74, 6) is 1.65. The first-order valence-corrected chi connectivity index (χ1v) is 7.38. The number of ether oxygens (including phenoxy) is 1. The lowest BCUT2D eigenvalue weighted by atomic mass is 10.0. The Kier molecular flexibility index (Phi) is 3.20. The molecule has 0 aromatic heterocycles. The van der Waals surface area contributed by atoms with Gasteiger partial charge in [-0.25, -0.2) is 4.79 Å². The minimum absolute atomic E-state index is 0.325. The second kappa shape index (κ2) is 4.84. The minimum Gasteiger partial charge on any atom is -0.492 e. The van der Waals surface area contributed by atoms with Crippen LogP contribution in [0.5, 0.6) is 5.75 Å². The standard InChI is InChI=1S/C14H16O3S/c15-14(16)12-7-11(18-8-9-3-4-9)6-10-2-1-5-17-13(10)12/h6-7,9H,1-5,8H2,(H,15,16). The van der Waals surface area contributed by atoms with Crippen LogP contribution in [0.4, 0.5) is 0 Å². The highest BCUT2D eigenvalue weighted by atomic mass is 32.2. The third kappa shape index (κ3) is 2.48. The monoisotopic (exact) mass is 264 g/mol. The highest BCUT2D eigenvalue weighted by molar-refractivity contribution is 7.99. The quantitative estimate of drug-likeness (QED) is 0.848. The van der Waals surface area contributed by atoms with Crippen molar-refractivity contribution in [1.29, 1.82) is 0 Å². The van der Waals surface area contributed by atoms with Crippen LogP contribution in [0.1, 0.15) is 35.2 Å². The molecule has 0 bridgehead atoms. The van der Waals surface area contributed by atoms with E-state index in [0.717, 1.165) is 35.0 Å². The number of aromatic carboxylic acids is 1. The number of thioether (sulfide) groups is 1. The molecule has 1 aromatic rings. The van der Waals surface area contributed by atoms with Crippen LogP contribution in [0.15, 0.2) is 17.0 Å². The summed E-state index contributed by atoms with van der Waals surface area (Å²) in [4.78, 5) is 12.4. The van der Waals surface area contributed by atoms with Gasteiger partial charge in [-0.05, 0) is 49.3 Å². The molecule has 1 aromatic carbocycles. The Balaban J connectivity index is 1.89. The van der Waals surface area contributed by atoms with Crippen LogP contribution in [0.2, 0.25) is 0 Å². The molecular weight excluding hydrogens is 248 g/mol. The van der Waals surface area contributed by atoms with E-state index >= 15 is 0 Å². The van der Waals surface area contributed by atoms with Crippen LogP contribution >= 0.6 is 11.8 Å². The Labute approximate surface area is 111 Å². The van der Waals surface area contributed by atoms with Crippen molar-refractivity contribution in [2.75, 3.05) is 12.4 Å². The smallest absolute Gasteiger partial charge is 0.339 e. The summed E-state index contributed by atoms with van der Waals surface area (Å²) in [6, 6.07) is 3.87. The maximum atomic E-state index is 11.3. The van der Waals surface area contributed by atoms with E-state index in [1.807, 2.05) is 0 Å². The van der Waals surface area contributed by atoms with E-state index in [9.17, 15) is 9.90 Å². The SMILES string of the molecule is O=C(O)c1cc(SCC2CC2)cc2c1OCCC2. The van der Waals surface area contributed by atoms with E-state index in [4.69, 9.17) is 4.74 Å². The minimum atomic E-state index is -0.887. The molecule has 2 aliphatic rings. The molecule has 4 heteroatoms. The number of fused-ring (bicyclic) bond motifs is 1. The van der Waals surface area contributed by atoms with Crippen LogP contribution in [0.3, 0.4) is 0 Å². The molecule has 1 saturated carbocycles. The molecule has 0 atom stereocenters. The van der Waals surface area contributed by atoms with Gasteiger partial charge < -0.3 is 9.84 Å². The van der Waals surface area contributed by atoms with Crippen molar-refractivity contribution >= 4 is 17.7 Å². The molecule has 1 heterocycles. The molecule has 0 amide bonds. The van der Waals surface area contributed by atoms with Crippen LogP contribution in [0, 0.1) is 5.92 Å². The van der Waals surface area contributed by atoms with Gasteiger partial charge in [0.05, 0.1) is 6.61 Å². The van der Waals surface area contributed by atoms with Crippen LogP contribution < -0.4 is 4.74 Å². The fourth-order valence-electron chi connectivity index (χ4n) is 2.19. The van der Waals surface area contributed by atoms with Gasteiger partial charge in [0.15, 0.2) is 0 Å². The van der Waals surface area contributed by atoms with E-state index in [-0.39, 0.29) is 0 Å². The molecular formula is C14H16O3S. The molecule has 0 saturated heterocycles. The van der Waals surface area contributed by atoms with Gasteiger partial charge in [-0.15, -0.1) is 11.8 Å². The van der Waals surface area contributed by atoms with Gasteiger partial charge in [0.2, 0.25) is 0 Å². The predicted molar refractivity (Wildman–Crippen MR) is 70.7 cm³/mol. The van der Waals surface area contributed by atoms with Crippen molar-refractivity contribution in [3.8, 4) is 5.75 Å². The topological polar surface area (TPSA) is 46.5 Å². The van der Waals surface area contributed by atoms with Crippen LogP contribution in [0.25, 0.3) is 0 Å². The number of hydrogen-bond acceptors (Lipinski definition) is 3. The molecule has 0 spiro atoms. The van der Waals surface area contributed by atoms with Crippen LogP contribution in [-0.4, -0.2) is 23.4 Å². The third-order valence-electron chi connectivity index (χ3n) is 3.39. The molecule has 1 aliphatic heterocycles. The summed E-state index contributed by atoms with van der Waals surface area (Å²) >= 11 is 1.78. The van der Waals surface area contributed by atoms with E-state index < -0.39 is 5.97 Å². The highest BCUT2D eigenvalue weighted by Gasteiger charge is 2.23. The summed E-state index contributed by atoms with van der Waals surface area (Å²) in [7, 11) is 0. The van der Waals surface area contributed by atoms with Gasteiger partial charge in [0.25, 0.3) is 0 Å². The number of rotatable bonds is 4. The average molecular weight is 264 g/mol. The van der Waals surface area contributed by atoms with Gasteiger partial charge in [-0.3, -0.25) is 0 Å². The first-order valence-electron chi connectivity index (χ1n) is 6.40. The average Bonchev–Trinajstić information content (AvgIpc) is 3.19. The van der Waals surface area contributed by atoms with Gasteiger partial charge in [0, 0.05) is 10.6 Å². The predicted octanol–water partition coefficient (Wildman–Crippen LogP) is 3.21. The first kappa shape index (κ1) is 11.9. The number of carbonyl (C=O) groups is 1. The Morgan fingerprint density at radius 3 is 3.00 bits per heavy atom. The van der Waals surface area contributed by atoms with Crippen LogP contribution in [-0.2, 0) is 6.42 Å². The maximum Gasteiger partial charge on any atom is 0.339 e. The molecule has 0 radical (unpaired) electrons. The second-order valence-electron chi connectivity index (χ2n) is 4.97. The summed E-state index contributed by atoms with van der Waals surface area (Å²) in [5.41, 5.74) is 1.38. The lowest BCUT2D eigenvalue weighted by Crippen LogP contribution is -2.13. The molecule has 1 fully saturated rings. The fourth-order valence-corrected chi connectivity index (χ4v) is 3.38. The fraction of sp³-hybridized carbons (Fsp3) is 0.500. The Hall–Kier alpha value is -1.16. The summed E-state index contributed by atoms with van der Waals surface area (Å²) < 4.78 is 5.52. The van der Waals surface area contributed by atoms with E-state index in [0.29, 0.717) is 17.9 Å². The van der Waals surface area contributed by atoms with E-state index in [2.05, 4.69) is 6.07 Å². The molecule has 3 rings (SSSR count). The summed E-state index contributed by atoms with van der Waals surface area (Å²) in [5, 5.41) is 9.27. The third-order valence-corrected chi connectivity index (χ3v) is 4.60. The van der Waals surface area contributed by atoms with Gasteiger partial charge in [0.1, 0.15) is 11.3 Å². The first-order chi connectivity index (χ1) is 8.74. The summed E-state index contributed by atoms with van der Waals surface area (Å²) in [6.07, 6.45) is 4.55. The molecule has 0 unspecified atom stereocenters. The Morgan fingerprint density at radius 2 is 2.28 bits per heavy atom. The number of hydrogen-bond donors (Lipinski definition) is 1. The highest BCUT2D eigenvalue weighted by Crippen LogP contribution is 2.38. The molecule has 96 valence electrons. The van der Waals surface area contributed by atoms with Crippen molar-refractivity contribution in [2.24, 2.45) is 5.92 Å². The Bertz CT molecular complexity index is 480. The summed E-state index contributed by atoms with van der Waals surface area (Å²) in [6.45, 7) is 0.627. The van der Waals surface area contributed by atoms with Gasteiger partial charge >= 0.3 is 5.97 Å². The van der Waals surface area contributed by atoms with Gasteiger partial charge in [-0.1, -0.05) is 0 Å². The maximum absolute atomic E-state index is 11.3. The molecule has 1 aliphatic carbocycles. The number of benzene rings is 1. The zero-order chi connectivity index (χ0) is 12.5. The largest absolute Gasteiger partial charge is 0.492 e. The van der Waals surface area contributed by atoms with Gasteiger partial charge in [-0.2, -0.15) is 0 Å². The lowest BCUT2D eigenvalue weighted by molar-refractivity contribution is 0.0691. The Morgan fingerprint density at radius 1 is 1.44 bits per heavy atom. The zero-order valence-electron chi connectivity index (χ0n) is 10.1. The number of aryl methyl sites for hydroxylation is 1. The second-order valence-corrected chi connectivity index (χ2v) is 6.06. The van der Waals surface area contributed by atoms with E-state index in [1.54, 1.807) is 17.8 Å². The molecule has 18 heavy (non-hydrogen) atoms. The zero-order valence-corrected chi connectivity index (χ0v) is 11.0. The lowest BCUT2D eigenvalue weighted by Gasteiger charge is -2.20. The molecule has 3 nitrogen and oxygen atoms in total. The number of carboxylic acid groups (broad SMARTS) is 1. The molecule has 1 N–H and O–H groups in total. The van der Waals surface area contributed by atoms with E-state index in [1.165, 1.54) is 12.8 Å². The van der Waals surface area contributed by atoms with Crippen molar-refractivity contribution in [2.45, 2.75) is 30.6 Å². The van der Waals surface area contributed by atoms with Crippen molar-refractivity contribution in [1.82, 2.24) is 0 Å². The van der Waals surface area contributed by atoms with Crippen molar-refractivity contribution < 1.29 is 14.6 Å².